The summed E-state index contributed by atoms with van der Waals surface area (Å²) in [6.45, 7) is 0. The van der Waals surface area contributed by atoms with Crippen LogP contribution < -0.4 is 0 Å². The number of benzene rings is 1. The van der Waals surface area contributed by atoms with E-state index < -0.39 is 11.6 Å². The highest BCUT2D eigenvalue weighted by atomic mass is 79.9. The van der Waals surface area contributed by atoms with Gasteiger partial charge in [0, 0.05) is 4.47 Å². The summed E-state index contributed by atoms with van der Waals surface area (Å²) in [7, 11) is 0. The van der Waals surface area contributed by atoms with Gasteiger partial charge in [-0.2, -0.15) is 0 Å². The van der Waals surface area contributed by atoms with Crippen molar-refractivity contribution in [2.45, 2.75) is 6.42 Å². The van der Waals surface area contributed by atoms with Crippen molar-refractivity contribution in [3.05, 3.63) is 34.1 Å². The molecule has 0 aliphatic heterocycles. The fourth-order valence-corrected chi connectivity index (χ4v) is 1.23. The van der Waals surface area contributed by atoms with E-state index in [4.69, 9.17) is 0 Å². The molecule has 1 rings (SSSR count). The third-order valence-electron chi connectivity index (χ3n) is 1.50. The molecule has 0 saturated carbocycles. The largest absolute Gasteiger partial charge is 0.303 e. The molecule has 0 fully saturated rings. The Kier molecular flexibility index (Phi) is 3.31. The first-order valence-electron chi connectivity index (χ1n) is 3.57. The van der Waals surface area contributed by atoms with E-state index >= 15 is 0 Å². The molecule has 0 aliphatic rings. The highest BCUT2D eigenvalue weighted by Gasteiger charge is 2.10. The van der Waals surface area contributed by atoms with Gasteiger partial charge in [-0.3, -0.25) is 4.79 Å². The number of hydrogen-bond acceptors (Lipinski definition) is 2. The van der Waals surface area contributed by atoms with Gasteiger partial charge < -0.3 is 4.79 Å². The predicted molar refractivity (Wildman–Crippen MR) is 49.1 cm³/mol. The highest BCUT2D eigenvalue weighted by molar-refractivity contribution is 9.10. The molecule has 0 aromatic heterocycles. The second kappa shape index (κ2) is 4.28. The monoisotopic (exact) mass is 244 g/mol. The van der Waals surface area contributed by atoms with Crippen LogP contribution in [0.5, 0.6) is 0 Å². The zero-order valence-corrected chi connectivity index (χ0v) is 8.17. The minimum absolute atomic E-state index is 0.0460. The van der Waals surface area contributed by atoms with Gasteiger partial charge in [0.25, 0.3) is 0 Å². The third-order valence-corrected chi connectivity index (χ3v) is 1.99. The van der Waals surface area contributed by atoms with Crippen LogP contribution in [-0.2, 0) is 4.79 Å². The Bertz CT molecular complexity index is 349. The van der Waals surface area contributed by atoms with Crippen LogP contribution in [0.2, 0.25) is 0 Å². The van der Waals surface area contributed by atoms with Gasteiger partial charge in [-0.05, 0) is 18.2 Å². The lowest BCUT2D eigenvalue weighted by Gasteiger charge is -1.99. The molecule has 1 aromatic carbocycles. The van der Waals surface area contributed by atoms with Crippen molar-refractivity contribution in [3.63, 3.8) is 0 Å². The zero-order valence-electron chi connectivity index (χ0n) is 6.59. The quantitative estimate of drug-likeness (QED) is 0.465. The van der Waals surface area contributed by atoms with E-state index in [2.05, 4.69) is 15.9 Å². The lowest BCUT2D eigenvalue weighted by Crippen LogP contribution is -2.02. The van der Waals surface area contributed by atoms with E-state index in [-0.39, 0.29) is 12.0 Å². The third kappa shape index (κ3) is 2.45. The summed E-state index contributed by atoms with van der Waals surface area (Å²) in [4.78, 5) is 21.1. The van der Waals surface area contributed by atoms with Crippen LogP contribution in [0.4, 0.5) is 4.39 Å². The molecule has 68 valence electrons. The molecule has 0 aliphatic carbocycles. The molecule has 2 nitrogen and oxygen atoms in total. The fourth-order valence-electron chi connectivity index (χ4n) is 0.901. The predicted octanol–water partition coefficient (Wildman–Crippen LogP) is 2.36. The number of rotatable bonds is 3. The standard InChI is InChI=1S/C9H6BrFO2/c10-6-1-2-7(8(11)5-6)9(13)3-4-12/h1-2,4-5H,3H2. The molecule has 0 spiro atoms. The van der Waals surface area contributed by atoms with Crippen molar-refractivity contribution in [1.82, 2.24) is 0 Å². The summed E-state index contributed by atoms with van der Waals surface area (Å²) in [6.07, 6.45) is 0.183. The van der Waals surface area contributed by atoms with Crippen LogP contribution in [0.15, 0.2) is 22.7 Å². The van der Waals surface area contributed by atoms with E-state index in [1.807, 2.05) is 0 Å². The number of halogens is 2. The molecule has 1 aromatic rings. The first-order valence-corrected chi connectivity index (χ1v) is 4.36. The molecule has 0 N–H and O–H groups in total. The van der Waals surface area contributed by atoms with Gasteiger partial charge >= 0.3 is 0 Å². The first-order chi connectivity index (χ1) is 6.15. The number of ketones is 1. The van der Waals surface area contributed by atoms with Crippen LogP contribution in [0, 0.1) is 5.82 Å². The van der Waals surface area contributed by atoms with E-state index in [0.717, 1.165) is 0 Å². The summed E-state index contributed by atoms with van der Waals surface area (Å²) in [6, 6.07) is 4.10. The number of carbonyl (C=O) groups is 2. The van der Waals surface area contributed by atoms with Gasteiger partial charge in [-0.15, -0.1) is 0 Å². The van der Waals surface area contributed by atoms with Crippen molar-refractivity contribution < 1.29 is 14.0 Å². The van der Waals surface area contributed by atoms with E-state index in [1.165, 1.54) is 12.1 Å². The number of Topliss-reactive ketones (excluding diaryl/α,β-unsaturated/α-hetero) is 1. The van der Waals surface area contributed by atoms with Gasteiger partial charge in [0.15, 0.2) is 5.78 Å². The number of hydrogen-bond donors (Lipinski definition) is 0. The van der Waals surface area contributed by atoms with Crippen LogP contribution in [-0.4, -0.2) is 12.1 Å². The smallest absolute Gasteiger partial charge is 0.172 e. The molecule has 0 heterocycles. The second-order valence-electron chi connectivity index (χ2n) is 2.42. The molecule has 0 atom stereocenters. The summed E-state index contributed by atoms with van der Waals surface area (Å²) < 4.78 is 13.6. The molecular weight excluding hydrogens is 239 g/mol. The lowest BCUT2D eigenvalue weighted by atomic mass is 10.1. The Labute approximate surface area is 82.9 Å². The number of carbonyl (C=O) groups excluding carboxylic acids is 2. The van der Waals surface area contributed by atoms with Gasteiger partial charge in [-0.25, -0.2) is 4.39 Å². The van der Waals surface area contributed by atoms with Crippen molar-refractivity contribution >= 4 is 28.0 Å². The molecule has 0 saturated heterocycles. The summed E-state index contributed by atoms with van der Waals surface area (Å²) in [5.74, 6) is -1.11. The van der Waals surface area contributed by atoms with E-state index in [9.17, 15) is 14.0 Å². The molecule has 0 bridgehead atoms. The maximum absolute atomic E-state index is 13.1. The van der Waals surface area contributed by atoms with E-state index in [1.54, 1.807) is 6.07 Å². The Balaban J connectivity index is 3.01. The maximum atomic E-state index is 13.1. The van der Waals surface area contributed by atoms with Crippen LogP contribution in [0.3, 0.4) is 0 Å². The van der Waals surface area contributed by atoms with Gasteiger partial charge in [0.2, 0.25) is 0 Å². The van der Waals surface area contributed by atoms with Crippen molar-refractivity contribution in [2.24, 2.45) is 0 Å². The Morgan fingerprint density at radius 1 is 1.54 bits per heavy atom. The van der Waals surface area contributed by atoms with Crippen molar-refractivity contribution in [3.8, 4) is 0 Å². The van der Waals surface area contributed by atoms with Gasteiger partial charge in [0.05, 0.1) is 12.0 Å². The van der Waals surface area contributed by atoms with Gasteiger partial charge in [0.1, 0.15) is 12.1 Å². The van der Waals surface area contributed by atoms with E-state index in [0.29, 0.717) is 10.8 Å². The normalized spacial score (nSPS) is 9.69. The first kappa shape index (κ1) is 10.1. The van der Waals surface area contributed by atoms with Crippen molar-refractivity contribution in [1.29, 1.82) is 0 Å². The highest BCUT2D eigenvalue weighted by Crippen LogP contribution is 2.16. The average Bonchev–Trinajstić information content (AvgIpc) is 2.04. The number of aldehydes is 1. The topological polar surface area (TPSA) is 34.1 Å². The maximum Gasteiger partial charge on any atom is 0.172 e. The average molecular weight is 245 g/mol. The molecule has 13 heavy (non-hydrogen) atoms. The Morgan fingerprint density at radius 3 is 2.77 bits per heavy atom. The van der Waals surface area contributed by atoms with Crippen LogP contribution in [0.1, 0.15) is 16.8 Å². The Hall–Kier alpha value is -1.03. The van der Waals surface area contributed by atoms with Crippen molar-refractivity contribution in [2.75, 3.05) is 0 Å². The van der Waals surface area contributed by atoms with Gasteiger partial charge in [-0.1, -0.05) is 15.9 Å². The zero-order chi connectivity index (χ0) is 9.84. The lowest BCUT2D eigenvalue weighted by molar-refractivity contribution is -0.107. The molecule has 0 radical (unpaired) electrons. The minimum Gasteiger partial charge on any atom is -0.303 e. The summed E-state index contributed by atoms with van der Waals surface area (Å²) >= 11 is 3.06. The Morgan fingerprint density at radius 2 is 2.23 bits per heavy atom. The molecule has 0 amide bonds. The van der Waals surface area contributed by atoms with Crippen LogP contribution in [0.25, 0.3) is 0 Å². The minimum atomic E-state index is -0.610. The molecule has 0 unspecified atom stereocenters. The SMILES string of the molecule is O=CCC(=O)c1ccc(Br)cc1F. The molecular formula is C9H6BrFO2. The summed E-state index contributed by atoms with van der Waals surface area (Å²) in [5, 5.41) is 0. The van der Waals surface area contributed by atoms with Crippen LogP contribution >= 0.6 is 15.9 Å². The second-order valence-corrected chi connectivity index (χ2v) is 3.33. The summed E-state index contributed by atoms with van der Waals surface area (Å²) in [5.41, 5.74) is -0.0460. The molecule has 4 heteroatoms. The fraction of sp³-hybridized carbons (Fsp3) is 0.111.